The number of hydrogen-bond acceptors (Lipinski definition) is 23. The molecular weight excluding hydrogens is 892 g/mol. The zero-order valence-corrected chi connectivity index (χ0v) is 33.6. The molecule has 5 aromatic rings. The first kappa shape index (κ1) is 44.3. The minimum atomic E-state index is -6.21. The van der Waals surface area contributed by atoms with Gasteiger partial charge in [0.15, 0.2) is 35.4 Å². The third-order valence-corrected chi connectivity index (χ3v) is 14.6. The summed E-state index contributed by atoms with van der Waals surface area (Å²) in [4.78, 5) is 64.3. The maximum Gasteiger partial charge on any atom is 0.490 e. The van der Waals surface area contributed by atoms with E-state index in [1.807, 2.05) is 0 Å². The molecule has 2 aliphatic heterocycles. The van der Waals surface area contributed by atoms with Crippen LogP contribution in [0.1, 0.15) is 18.0 Å². The number of rotatable bonds is 17. The molecule has 4 aromatic heterocycles. The van der Waals surface area contributed by atoms with E-state index in [0.717, 1.165) is 19.0 Å². The van der Waals surface area contributed by atoms with Gasteiger partial charge < -0.3 is 60.6 Å². The molecule has 0 aliphatic carbocycles. The first-order chi connectivity index (χ1) is 28.2. The number of imidazole rings is 2. The van der Waals surface area contributed by atoms with Gasteiger partial charge in [0.25, 0.3) is 0 Å². The molecule has 2 aliphatic rings. The molecule has 326 valence electrons. The van der Waals surface area contributed by atoms with E-state index < -0.39 is 93.6 Å². The predicted molar refractivity (Wildman–Crippen MR) is 195 cm³/mol. The van der Waals surface area contributed by atoms with E-state index in [9.17, 15) is 53.2 Å². The van der Waals surface area contributed by atoms with Gasteiger partial charge in [-0.25, -0.2) is 48.2 Å². The second-order valence-corrected chi connectivity index (χ2v) is 19.0. The molecule has 7 rings (SSSR count). The Kier molecular flexibility index (Phi) is 12.7. The van der Waals surface area contributed by atoms with Crippen molar-refractivity contribution in [2.75, 3.05) is 24.7 Å². The lowest BCUT2D eigenvalue weighted by Gasteiger charge is -2.22. The average Bonchev–Trinajstić information content (AvgIpc) is 3.93. The third kappa shape index (κ3) is 9.80. The first-order valence-corrected chi connectivity index (χ1v) is 22.8. The van der Waals surface area contributed by atoms with Crippen LogP contribution in [0.3, 0.4) is 0 Å². The molecule has 4 unspecified atom stereocenters. The van der Waals surface area contributed by atoms with Gasteiger partial charge in [0.1, 0.15) is 60.3 Å². The molecule has 6 heterocycles. The molecular formula is C27H34N10O19P4. The van der Waals surface area contributed by atoms with E-state index >= 15 is 0 Å². The van der Waals surface area contributed by atoms with Gasteiger partial charge in [-0.3, -0.25) is 18.2 Å². The van der Waals surface area contributed by atoms with Crippen molar-refractivity contribution in [1.82, 2.24) is 39.0 Å². The average molecular weight is 927 g/mol. The van der Waals surface area contributed by atoms with Gasteiger partial charge in [0, 0.05) is 0 Å². The molecule has 2 saturated heterocycles. The van der Waals surface area contributed by atoms with Crippen LogP contribution in [0.5, 0.6) is 0 Å². The van der Waals surface area contributed by atoms with E-state index in [2.05, 4.69) is 47.4 Å². The Hall–Kier alpha value is -3.76. The van der Waals surface area contributed by atoms with E-state index in [4.69, 9.17) is 30.2 Å². The Morgan fingerprint density at radius 1 is 0.617 bits per heavy atom. The largest absolute Gasteiger partial charge is 0.490 e. The van der Waals surface area contributed by atoms with Crippen molar-refractivity contribution in [2.45, 2.75) is 55.7 Å². The van der Waals surface area contributed by atoms with E-state index in [0.29, 0.717) is 5.56 Å². The van der Waals surface area contributed by atoms with Crippen LogP contribution in [0.25, 0.3) is 22.3 Å². The third-order valence-electron chi connectivity index (χ3n) is 8.68. The molecule has 0 saturated carbocycles. The van der Waals surface area contributed by atoms with Crippen LogP contribution in [-0.2, 0) is 61.1 Å². The highest BCUT2D eigenvalue weighted by molar-refractivity contribution is 7.69. The number of anilines is 2. The summed E-state index contributed by atoms with van der Waals surface area (Å²) in [5, 5.41) is 32.2. The number of phosphoric ester groups is 2. The number of nitrogens with zero attached hydrogens (tertiary/aromatic N) is 8. The van der Waals surface area contributed by atoms with Crippen molar-refractivity contribution in [3.8, 4) is 0 Å². The fourth-order valence-corrected chi connectivity index (χ4v) is 11.0. The number of hydrogen-bond donors (Lipinski definition) is 9. The number of ether oxygens (including phenoxy) is 3. The van der Waals surface area contributed by atoms with Gasteiger partial charge in [-0.2, -0.15) is 12.9 Å². The summed E-state index contributed by atoms with van der Waals surface area (Å²) in [5.74, 6) is 0.0137. The summed E-state index contributed by atoms with van der Waals surface area (Å²) in [5.41, 5.74) is 12.9. The van der Waals surface area contributed by atoms with Gasteiger partial charge in [-0.1, -0.05) is 30.3 Å². The van der Waals surface area contributed by atoms with E-state index in [1.165, 1.54) is 15.5 Å². The number of aromatic nitrogens is 8. The maximum absolute atomic E-state index is 12.8. The van der Waals surface area contributed by atoms with Crippen LogP contribution < -0.4 is 11.5 Å². The predicted octanol–water partition coefficient (Wildman–Crippen LogP) is -0.222. The summed E-state index contributed by atoms with van der Waals surface area (Å²) in [6.45, 7) is -2.19. The molecule has 2 fully saturated rings. The van der Waals surface area contributed by atoms with Gasteiger partial charge in [-0.15, -0.1) is 0 Å². The van der Waals surface area contributed by atoms with Crippen LogP contribution in [-0.4, -0.2) is 124 Å². The minimum Gasteiger partial charge on any atom is -0.387 e. The normalized spacial score (nSPS) is 28.6. The monoisotopic (exact) mass is 926 g/mol. The highest BCUT2D eigenvalue weighted by atomic mass is 31.3. The highest BCUT2D eigenvalue weighted by Crippen LogP contribution is 2.71. The quantitative estimate of drug-likeness (QED) is 0.0544. The number of nitrogens with two attached hydrogens (primary N) is 2. The minimum absolute atomic E-state index is 0.0112. The summed E-state index contributed by atoms with van der Waals surface area (Å²) < 4.78 is 91.5. The molecule has 0 radical (unpaired) electrons. The zero-order valence-electron chi connectivity index (χ0n) is 30.0. The standard InChI is InChI=1S/C27H34N10O19P4/c28-22-16-24(32-9-30-22)36(11-34-16)26-20(40)18(38)14(52-26)7-50-57(41,42)54-59(45,46)56-60(47,48)55-58(43,44)51-8-15-19(39)21(49-6-13-4-2-1-3-5-13)27(53-15)37-12-35-17-23(29)31-10-33-25(17)37/h1-5,9-12,14-15,18-21,26-27,38-40H,6-8H2,(H,41,42)(H,43,44)(H,45,46)(H,47,48)(H2,28,30,32)(H2,29,31,33)/t14-,15-,18+,19-,20+,21-,26+,27-/m1/s1. The van der Waals surface area contributed by atoms with Crippen LogP contribution >= 0.6 is 31.3 Å². The number of benzene rings is 1. The van der Waals surface area contributed by atoms with Gasteiger partial charge in [0.2, 0.25) is 0 Å². The van der Waals surface area contributed by atoms with Gasteiger partial charge in [0.05, 0.1) is 32.5 Å². The number of aliphatic hydroxyl groups excluding tert-OH is 3. The molecule has 60 heavy (non-hydrogen) atoms. The smallest absolute Gasteiger partial charge is 0.387 e. The van der Waals surface area contributed by atoms with Crippen molar-refractivity contribution in [1.29, 1.82) is 0 Å². The number of phosphoric acid groups is 4. The summed E-state index contributed by atoms with van der Waals surface area (Å²) in [7, 11) is -24.0. The van der Waals surface area contributed by atoms with Crippen molar-refractivity contribution in [2.24, 2.45) is 0 Å². The lowest BCUT2D eigenvalue weighted by atomic mass is 10.1. The zero-order chi connectivity index (χ0) is 43.2. The summed E-state index contributed by atoms with van der Waals surface area (Å²) in [6, 6.07) is 8.75. The van der Waals surface area contributed by atoms with E-state index in [1.54, 1.807) is 30.3 Å². The lowest BCUT2D eigenvalue weighted by Crippen LogP contribution is -2.35. The molecule has 0 amide bonds. The second kappa shape index (κ2) is 17.2. The fourth-order valence-electron chi connectivity index (χ4n) is 6.04. The van der Waals surface area contributed by atoms with Crippen LogP contribution in [0.4, 0.5) is 11.6 Å². The van der Waals surface area contributed by atoms with Crippen LogP contribution in [0.2, 0.25) is 0 Å². The first-order valence-electron chi connectivity index (χ1n) is 16.8. The molecule has 0 bridgehead atoms. The molecule has 11 N–H and O–H groups in total. The molecule has 0 spiro atoms. The maximum atomic E-state index is 12.8. The number of aliphatic hydroxyl groups is 3. The van der Waals surface area contributed by atoms with Crippen molar-refractivity contribution >= 4 is 65.3 Å². The highest BCUT2D eigenvalue weighted by Gasteiger charge is 2.50. The van der Waals surface area contributed by atoms with E-state index in [-0.39, 0.29) is 40.6 Å². The topological polar surface area (TPSA) is 423 Å². The second-order valence-electron chi connectivity index (χ2n) is 12.7. The lowest BCUT2D eigenvalue weighted by molar-refractivity contribution is -0.0759. The molecule has 1 aromatic carbocycles. The van der Waals surface area contributed by atoms with Crippen LogP contribution in [0, 0.1) is 0 Å². The molecule has 33 heteroatoms. The Labute approximate surface area is 334 Å². The Morgan fingerprint density at radius 2 is 1.08 bits per heavy atom. The van der Waals surface area contributed by atoms with Gasteiger partial charge >= 0.3 is 31.3 Å². The Bertz CT molecular complexity index is 2540. The van der Waals surface area contributed by atoms with Crippen molar-refractivity contribution in [3.63, 3.8) is 0 Å². The number of fused-ring (bicyclic) bond motifs is 2. The van der Waals surface area contributed by atoms with Crippen LogP contribution in [0.15, 0.2) is 55.6 Å². The molecule has 29 nitrogen and oxygen atoms in total. The molecule has 12 atom stereocenters. The Balaban J connectivity index is 0.947. The Morgan fingerprint density at radius 3 is 1.62 bits per heavy atom. The fraction of sp³-hybridized carbons (Fsp3) is 0.407. The number of nitrogen functional groups attached to an aromatic ring is 2. The van der Waals surface area contributed by atoms with Crippen molar-refractivity contribution < 1.29 is 89.3 Å². The van der Waals surface area contributed by atoms with Crippen molar-refractivity contribution in [3.05, 3.63) is 61.2 Å². The SMILES string of the molecule is Nc1ncnc2c1ncn2[C@@H]1O[C@H](COP(=O)(O)OP(=O)(O)OP(=O)(O)OP(=O)(O)OC[C@H]2O[C@H](n3cnc4c(N)ncnc43)[C@@H](O)[C@H]2O)[C@@H](O)[C@H]1OCc1ccccc1. The summed E-state index contributed by atoms with van der Waals surface area (Å²) >= 11 is 0. The summed E-state index contributed by atoms with van der Waals surface area (Å²) in [6.07, 6.45) is -7.46. The van der Waals surface area contributed by atoms with Gasteiger partial charge in [-0.05, 0) is 5.56 Å².